The highest BCUT2D eigenvalue weighted by Gasteiger charge is 1.90. The van der Waals surface area contributed by atoms with Gasteiger partial charge in [0.1, 0.15) is 0 Å². The van der Waals surface area contributed by atoms with Crippen molar-refractivity contribution in [2.45, 2.75) is 0 Å². The zero-order chi connectivity index (χ0) is 8.97. The fourth-order valence-electron chi connectivity index (χ4n) is 0.778. The normalized spacial score (nSPS) is 11.8. The van der Waals surface area contributed by atoms with Gasteiger partial charge in [-0.25, -0.2) is 0 Å². The molecule has 0 bridgehead atoms. The Balaban J connectivity index is 2.84. The highest BCUT2D eigenvalue weighted by atomic mass is 127. The lowest BCUT2D eigenvalue weighted by Crippen LogP contribution is -1.74. The molecule has 0 nitrogen and oxygen atoms in total. The molecule has 64 valence electrons. The molecule has 0 N–H and O–H groups in total. The summed E-state index contributed by atoms with van der Waals surface area (Å²) >= 11 is 10.4. The monoisotopic (exact) mass is 404 g/mol. The zero-order valence-electron chi connectivity index (χ0n) is 6.23. The van der Waals surface area contributed by atoms with Gasteiger partial charge < -0.3 is 0 Å². The Morgan fingerprint density at radius 2 is 1.92 bits per heavy atom. The van der Waals surface area contributed by atoms with Gasteiger partial charge >= 0.3 is 0 Å². The summed E-state index contributed by atoms with van der Waals surface area (Å²) in [5.41, 5.74) is 1.21. The molecule has 0 aliphatic carbocycles. The van der Waals surface area contributed by atoms with Crippen LogP contribution in [0.2, 0.25) is 5.02 Å². The first-order chi connectivity index (χ1) is 5.72. The van der Waals surface area contributed by atoms with Crippen LogP contribution in [0.15, 0.2) is 27.8 Å². The minimum absolute atomic E-state index is 0.789. The average molecular weight is 404 g/mol. The summed E-state index contributed by atoms with van der Waals surface area (Å²) in [6.07, 6.45) is 2.16. The van der Waals surface area contributed by atoms with Crippen molar-refractivity contribution in [3.63, 3.8) is 0 Å². The molecule has 12 heavy (non-hydrogen) atoms. The van der Waals surface area contributed by atoms with Crippen molar-refractivity contribution >= 4 is 62.9 Å². The number of halogens is 3. The number of allylic oxidation sites excluding steroid dienone is 1. The van der Waals surface area contributed by atoms with Crippen LogP contribution in [0.25, 0.3) is 6.08 Å². The highest BCUT2D eigenvalue weighted by molar-refractivity contribution is 14.1. The fourth-order valence-corrected chi connectivity index (χ4v) is 1.48. The Hall–Kier alpha value is 0.710. The van der Waals surface area contributed by atoms with Crippen molar-refractivity contribution in [1.29, 1.82) is 0 Å². The van der Waals surface area contributed by atoms with Crippen LogP contribution in [0.1, 0.15) is 5.56 Å². The number of benzene rings is 1. The molecule has 0 spiro atoms. The van der Waals surface area contributed by atoms with E-state index in [1.807, 2.05) is 24.3 Å². The second-order valence-corrected chi connectivity index (χ2v) is 4.86. The Morgan fingerprint density at radius 1 is 1.33 bits per heavy atom. The third kappa shape index (κ3) is 3.62. The van der Waals surface area contributed by atoms with E-state index >= 15 is 0 Å². The first-order valence-electron chi connectivity index (χ1n) is 3.40. The Labute approximate surface area is 105 Å². The van der Waals surface area contributed by atoms with Crippen LogP contribution in [-0.4, -0.2) is 4.43 Å². The number of alkyl halides is 1. The molecular weight excluding hydrogens is 397 g/mol. The van der Waals surface area contributed by atoms with Crippen LogP contribution >= 0.6 is 56.8 Å². The summed E-state index contributed by atoms with van der Waals surface area (Å²) < 4.78 is 2.40. The molecule has 0 atom stereocenters. The second-order valence-electron chi connectivity index (χ2n) is 2.28. The van der Waals surface area contributed by atoms with E-state index < -0.39 is 0 Å². The van der Waals surface area contributed by atoms with Crippen LogP contribution in [-0.2, 0) is 0 Å². The molecule has 0 saturated heterocycles. The Morgan fingerprint density at radius 3 is 2.42 bits per heavy atom. The number of hydrogen-bond acceptors (Lipinski definition) is 0. The van der Waals surface area contributed by atoms with Gasteiger partial charge in [0, 0.05) is 13.0 Å². The molecular formula is C9H7ClI2. The summed E-state index contributed by atoms with van der Waals surface area (Å²) in [4.78, 5) is 0. The maximum atomic E-state index is 5.76. The maximum Gasteiger partial charge on any atom is 0.0406 e. The minimum Gasteiger partial charge on any atom is -0.0843 e. The third-order valence-corrected chi connectivity index (χ3v) is 4.55. The topological polar surface area (TPSA) is 0 Å². The van der Waals surface area contributed by atoms with Gasteiger partial charge in [-0.1, -0.05) is 46.3 Å². The lowest BCUT2D eigenvalue weighted by molar-refractivity contribution is 1.65. The smallest absolute Gasteiger partial charge is 0.0406 e. The largest absolute Gasteiger partial charge is 0.0843 e. The maximum absolute atomic E-state index is 5.76. The van der Waals surface area contributed by atoms with Gasteiger partial charge in [-0.2, -0.15) is 0 Å². The van der Waals surface area contributed by atoms with E-state index in [9.17, 15) is 0 Å². The summed E-state index contributed by atoms with van der Waals surface area (Å²) in [5.74, 6) is 0. The van der Waals surface area contributed by atoms with E-state index in [2.05, 4.69) is 51.3 Å². The van der Waals surface area contributed by atoms with E-state index in [1.54, 1.807) is 0 Å². The van der Waals surface area contributed by atoms with Gasteiger partial charge in [0.05, 0.1) is 0 Å². The predicted octanol–water partition coefficient (Wildman–Crippen LogP) is 4.55. The molecule has 0 saturated carbocycles. The second kappa shape index (κ2) is 5.44. The van der Waals surface area contributed by atoms with E-state index in [1.165, 1.54) is 9.14 Å². The highest BCUT2D eigenvalue weighted by Crippen LogP contribution is 2.16. The quantitative estimate of drug-likeness (QED) is 0.501. The molecule has 3 heteroatoms. The summed E-state index contributed by atoms with van der Waals surface area (Å²) in [6, 6.07) is 7.86. The van der Waals surface area contributed by atoms with E-state index in [0.717, 1.165) is 9.45 Å². The van der Waals surface area contributed by atoms with E-state index in [0.29, 0.717) is 0 Å². The lowest BCUT2D eigenvalue weighted by Gasteiger charge is -1.95. The molecule has 0 amide bonds. The van der Waals surface area contributed by atoms with Crippen molar-refractivity contribution < 1.29 is 0 Å². The van der Waals surface area contributed by atoms with Crippen molar-refractivity contribution in [2.75, 3.05) is 4.43 Å². The SMILES string of the molecule is Clc1ccc(/C=C(/I)CI)cc1. The summed E-state index contributed by atoms with van der Waals surface area (Å²) in [6.45, 7) is 0. The zero-order valence-corrected chi connectivity index (χ0v) is 11.3. The predicted molar refractivity (Wildman–Crippen MR) is 72.3 cm³/mol. The van der Waals surface area contributed by atoms with Crippen LogP contribution < -0.4 is 0 Å². The minimum atomic E-state index is 0.789. The molecule has 0 unspecified atom stereocenters. The molecule has 0 aromatic heterocycles. The molecule has 1 aromatic rings. The summed E-state index contributed by atoms with van der Waals surface area (Å²) in [7, 11) is 0. The molecule has 0 fully saturated rings. The van der Waals surface area contributed by atoms with E-state index in [-0.39, 0.29) is 0 Å². The van der Waals surface area contributed by atoms with Crippen LogP contribution in [0, 0.1) is 0 Å². The number of rotatable bonds is 2. The first-order valence-corrected chi connectivity index (χ1v) is 6.38. The molecule has 1 rings (SSSR count). The molecule has 0 heterocycles. The average Bonchev–Trinajstić information content (AvgIpc) is 2.09. The standard InChI is InChI=1S/C9H7ClI2/c10-8-3-1-7(2-4-8)5-9(12)6-11/h1-5H,6H2/b9-5+. The van der Waals surface area contributed by atoms with Gasteiger partial charge in [0.2, 0.25) is 0 Å². The Kier molecular flexibility index (Phi) is 4.89. The van der Waals surface area contributed by atoms with Crippen molar-refractivity contribution in [1.82, 2.24) is 0 Å². The first kappa shape index (κ1) is 10.8. The van der Waals surface area contributed by atoms with Gasteiger partial charge in [0.25, 0.3) is 0 Å². The number of hydrogen-bond donors (Lipinski definition) is 0. The Bertz CT molecular complexity index is 277. The third-order valence-electron chi connectivity index (χ3n) is 1.32. The molecule has 0 aliphatic heterocycles. The van der Waals surface area contributed by atoms with Crippen molar-refractivity contribution in [2.24, 2.45) is 0 Å². The van der Waals surface area contributed by atoms with Crippen LogP contribution in [0.4, 0.5) is 0 Å². The molecule has 1 aromatic carbocycles. The van der Waals surface area contributed by atoms with Gasteiger partial charge in [-0.05, 0) is 46.4 Å². The van der Waals surface area contributed by atoms with Crippen molar-refractivity contribution in [3.05, 3.63) is 38.4 Å². The van der Waals surface area contributed by atoms with Gasteiger partial charge in [-0.15, -0.1) is 0 Å². The van der Waals surface area contributed by atoms with E-state index in [4.69, 9.17) is 11.6 Å². The fraction of sp³-hybridized carbons (Fsp3) is 0.111. The summed E-state index contributed by atoms with van der Waals surface area (Å²) in [5, 5.41) is 0.789. The van der Waals surface area contributed by atoms with Crippen LogP contribution in [0.3, 0.4) is 0 Å². The van der Waals surface area contributed by atoms with Gasteiger partial charge in [0.15, 0.2) is 0 Å². The van der Waals surface area contributed by atoms with Crippen LogP contribution in [0.5, 0.6) is 0 Å². The molecule has 0 radical (unpaired) electrons. The van der Waals surface area contributed by atoms with Crippen molar-refractivity contribution in [3.8, 4) is 0 Å². The van der Waals surface area contributed by atoms with Gasteiger partial charge in [-0.3, -0.25) is 0 Å². The lowest BCUT2D eigenvalue weighted by atomic mass is 10.2. The molecule has 0 aliphatic rings.